The van der Waals surface area contributed by atoms with Crippen LogP contribution < -0.4 is 5.32 Å². The van der Waals surface area contributed by atoms with E-state index in [4.69, 9.17) is 4.74 Å². The van der Waals surface area contributed by atoms with Crippen molar-refractivity contribution in [1.29, 1.82) is 0 Å². The first kappa shape index (κ1) is 12.7. The van der Waals surface area contributed by atoms with Crippen LogP contribution in [0.15, 0.2) is 12.2 Å². The third-order valence-electron chi connectivity index (χ3n) is 2.19. The van der Waals surface area contributed by atoms with E-state index in [0.29, 0.717) is 12.1 Å². The molecule has 0 aliphatic rings. The van der Waals surface area contributed by atoms with Gasteiger partial charge in [0.15, 0.2) is 0 Å². The summed E-state index contributed by atoms with van der Waals surface area (Å²) in [6, 6.07) is 0.414. The van der Waals surface area contributed by atoms with Crippen LogP contribution in [-0.2, 0) is 4.74 Å². The molecule has 2 atom stereocenters. The van der Waals surface area contributed by atoms with E-state index in [0.717, 1.165) is 19.4 Å². The van der Waals surface area contributed by atoms with Gasteiger partial charge < -0.3 is 10.1 Å². The second kappa shape index (κ2) is 7.10. The number of hydrogen-bond donors (Lipinski definition) is 1. The van der Waals surface area contributed by atoms with Gasteiger partial charge in [0, 0.05) is 13.2 Å². The maximum absolute atomic E-state index is 5.41. The lowest BCUT2D eigenvalue weighted by atomic mass is 10.0. The van der Waals surface area contributed by atoms with Gasteiger partial charge in [-0.1, -0.05) is 19.4 Å². The van der Waals surface area contributed by atoms with Crippen molar-refractivity contribution >= 4 is 0 Å². The minimum absolute atomic E-state index is 0.302. The molecule has 1 N–H and O–H groups in total. The standard InChI is InChI=1S/C11H23NO/c1-6-11(13-5)10(12-7-2)8-9(3)4/h10-12H,3,6-8H2,1-2,4-5H3. The lowest BCUT2D eigenvalue weighted by molar-refractivity contribution is 0.0659. The van der Waals surface area contributed by atoms with E-state index in [1.54, 1.807) is 7.11 Å². The van der Waals surface area contributed by atoms with Gasteiger partial charge in [0.05, 0.1) is 6.10 Å². The Balaban J connectivity index is 4.11. The van der Waals surface area contributed by atoms with Crippen LogP contribution in [0, 0.1) is 0 Å². The first-order valence-corrected chi connectivity index (χ1v) is 5.06. The zero-order valence-electron chi connectivity index (χ0n) is 9.39. The molecule has 0 amide bonds. The van der Waals surface area contributed by atoms with Crippen LogP contribution in [0.4, 0.5) is 0 Å². The van der Waals surface area contributed by atoms with Crippen molar-refractivity contribution in [2.24, 2.45) is 0 Å². The largest absolute Gasteiger partial charge is 0.380 e. The zero-order chi connectivity index (χ0) is 10.3. The summed E-state index contributed by atoms with van der Waals surface area (Å²) in [5.74, 6) is 0. The Hall–Kier alpha value is -0.340. The second-order valence-electron chi connectivity index (χ2n) is 3.51. The highest BCUT2D eigenvalue weighted by molar-refractivity contribution is 4.95. The minimum atomic E-state index is 0.302. The fourth-order valence-corrected chi connectivity index (χ4v) is 1.59. The Kier molecular flexibility index (Phi) is 6.92. The molecular weight excluding hydrogens is 162 g/mol. The Morgan fingerprint density at radius 2 is 2.08 bits per heavy atom. The quantitative estimate of drug-likeness (QED) is 0.615. The second-order valence-corrected chi connectivity index (χ2v) is 3.51. The Bertz CT molecular complexity index is 141. The van der Waals surface area contributed by atoms with Crippen LogP contribution in [0.25, 0.3) is 0 Å². The van der Waals surface area contributed by atoms with Crippen LogP contribution in [-0.4, -0.2) is 25.8 Å². The Morgan fingerprint density at radius 3 is 2.38 bits per heavy atom. The van der Waals surface area contributed by atoms with Crippen molar-refractivity contribution < 1.29 is 4.74 Å². The first-order chi connectivity index (χ1) is 6.15. The molecular formula is C11H23NO. The molecule has 0 rings (SSSR count). The molecule has 0 aromatic heterocycles. The monoisotopic (exact) mass is 185 g/mol. The molecule has 13 heavy (non-hydrogen) atoms. The summed E-state index contributed by atoms with van der Waals surface area (Å²) in [5.41, 5.74) is 1.21. The van der Waals surface area contributed by atoms with Gasteiger partial charge in [-0.05, 0) is 26.3 Å². The Labute approximate surface area is 82.4 Å². The van der Waals surface area contributed by atoms with Gasteiger partial charge >= 0.3 is 0 Å². The van der Waals surface area contributed by atoms with E-state index in [1.165, 1.54) is 5.57 Å². The third kappa shape index (κ3) is 5.06. The maximum atomic E-state index is 5.41. The van der Waals surface area contributed by atoms with Crippen LogP contribution in [0.2, 0.25) is 0 Å². The van der Waals surface area contributed by atoms with Crippen molar-refractivity contribution in [3.63, 3.8) is 0 Å². The number of ether oxygens (including phenoxy) is 1. The molecule has 0 bridgehead atoms. The number of nitrogens with one attached hydrogen (secondary N) is 1. The van der Waals surface area contributed by atoms with Gasteiger partial charge in [0.1, 0.15) is 0 Å². The average Bonchev–Trinajstić information content (AvgIpc) is 2.05. The lowest BCUT2D eigenvalue weighted by Gasteiger charge is -2.25. The van der Waals surface area contributed by atoms with Crippen molar-refractivity contribution in [3.05, 3.63) is 12.2 Å². The molecule has 0 aliphatic carbocycles. The molecule has 0 saturated heterocycles. The van der Waals surface area contributed by atoms with E-state index in [2.05, 4.69) is 32.7 Å². The van der Waals surface area contributed by atoms with Gasteiger partial charge in [-0.3, -0.25) is 0 Å². The topological polar surface area (TPSA) is 21.3 Å². The number of rotatable bonds is 7. The molecule has 0 saturated carbocycles. The maximum Gasteiger partial charge on any atom is 0.0724 e. The summed E-state index contributed by atoms with van der Waals surface area (Å²) < 4.78 is 5.41. The summed E-state index contributed by atoms with van der Waals surface area (Å²) in [5, 5.41) is 3.43. The smallest absolute Gasteiger partial charge is 0.0724 e. The lowest BCUT2D eigenvalue weighted by Crippen LogP contribution is -2.40. The molecule has 2 nitrogen and oxygen atoms in total. The number of methoxy groups -OCH3 is 1. The van der Waals surface area contributed by atoms with Crippen LogP contribution in [0.1, 0.15) is 33.6 Å². The van der Waals surface area contributed by atoms with E-state index in [9.17, 15) is 0 Å². The summed E-state index contributed by atoms with van der Waals surface area (Å²) in [4.78, 5) is 0. The number of likely N-dealkylation sites (N-methyl/N-ethyl adjacent to an activating group) is 1. The van der Waals surface area contributed by atoms with Gasteiger partial charge in [0.2, 0.25) is 0 Å². The summed E-state index contributed by atoms with van der Waals surface area (Å²) in [6.07, 6.45) is 2.35. The predicted molar refractivity (Wildman–Crippen MR) is 58.0 cm³/mol. The van der Waals surface area contributed by atoms with Crippen molar-refractivity contribution in [3.8, 4) is 0 Å². The highest BCUT2D eigenvalue weighted by atomic mass is 16.5. The highest BCUT2D eigenvalue weighted by Gasteiger charge is 2.17. The summed E-state index contributed by atoms with van der Waals surface area (Å²) in [7, 11) is 1.77. The average molecular weight is 185 g/mol. The summed E-state index contributed by atoms with van der Waals surface area (Å²) in [6.45, 7) is 11.2. The van der Waals surface area contributed by atoms with Gasteiger partial charge in [-0.25, -0.2) is 0 Å². The molecule has 0 heterocycles. The van der Waals surface area contributed by atoms with Crippen molar-refractivity contribution in [2.45, 2.75) is 45.8 Å². The normalized spacial score (nSPS) is 15.4. The predicted octanol–water partition coefficient (Wildman–Crippen LogP) is 2.36. The molecule has 0 radical (unpaired) electrons. The van der Waals surface area contributed by atoms with Crippen molar-refractivity contribution in [1.82, 2.24) is 5.32 Å². The van der Waals surface area contributed by atoms with E-state index < -0.39 is 0 Å². The third-order valence-corrected chi connectivity index (χ3v) is 2.19. The van der Waals surface area contributed by atoms with E-state index in [-0.39, 0.29) is 0 Å². The molecule has 2 heteroatoms. The van der Waals surface area contributed by atoms with Crippen LogP contribution >= 0.6 is 0 Å². The van der Waals surface area contributed by atoms with E-state index in [1.807, 2.05) is 0 Å². The molecule has 0 fully saturated rings. The zero-order valence-corrected chi connectivity index (χ0v) is 9.39. The van der Waals surface area contributed by atoms with Crippen LogP contribution in [0.5, 0.6) is 0 Å². The number of hydrogen-bond acceptors (Lipinski definition) is 2. The fourth-order valence-electron chi connectivity index (χ4n) is 1.59. The first-order valence-electron chi connectivity index (χ1n) is 5.06. The summed E-state index contributed by atoms with van der Waals surface area (Å²) >= 11 is 0. The molecule has 0 aliphatic heterocycles. The molecule has 0 aromatic rings. The minimum Gasteiger partial charge on any atom is -0.380 e. The van der Waals surface area contributed by atoms with E-state index >= 15 is 0 Å². The van der Waals surface area contributed by atoms with Gasteiger partial charge in [-0.2, -0.15) is 0 Å². The highest BCUT2D eigenvalue weighted by Crippen LogP contribution is 2.11. The SMILES string of the molecule is C=C(C)CC(NCC)C(CC)OC. The van der Waals surface area contributed by atoms with Gasteiger partial charge in [-0.15, -0.1) is 6.58 Å². The Morgan fingerprint density at radius 1 is 1.46 bits per heavy atom. The molecule has 2 unspecified atom stereocenters. The molecule has 78 valence electrons. The molecule has 0 spiro atoms. The fraction of sp³-hybridized carbons (Fsp3) is 0.818. The molecule has 0 aromatic carbocycles. The van der Waals surface area contributed by atoms with Gasteiger partial charge in [0.25, 0.3) is 0 Å². The van der Waals surface area contributed by atoms with Crippen molar-refractivity contribution in [2.75, 3.05) is 13.7 Å². The van der Waals surface area contributed by atoms with Crippen LogP contribution in [0.3, 0.4) is 0 Å².